The maximum absolute atomic E-state index is 12.2. The molecule has 2 N–H and O–H groups in total. The number of hydrogen-bond donors (Lipinski definition) is 2. The predicted octanol–water partition coefficient (Wildman–Crippen LogP) is 0.793. The summed E-state index contributed by atoms with van der Waals surface area (Å²) >= 11 is 0. The third-order valence-electron chi connectivity index (χ3n) is 4.00. The summed E-state index contributed by atoms with van der Waals surface area (Å²) in [7, 11) is 1.91. The molecule has 5 nitrogen and oxygen atoms in total. The van der Waals surface area contributed by atoms with Crippen molar-refractivity contribution in [1.29, 1.82) is 0 Å². The summed E-state index contributed by atoms with van der Waals surface area (Å²) in [5.74, 6) is 0.0756. The van der Waals surface area contributed by atoms with E-state index in [1.807, 2.05) is 29.9 Å². The minimum absolute atomic E-state index is 0.0756. The summed E-state index contributed by atoms with van der Waals surface area (Å²) in [5, 5.41) is 10.4. The molecule has 21 heavy (non-hydrogen) atoms. The summed E-state index contributed by atoms with van der Waals surface area (Å²) in [6.45, 7) is 1.40. The monoisotopic (exact) mass is 284 g/mol. The topological polar surface area (TPSA) is 59.0 Å². The lowest BCUT2D eigenvalue weighted by Crippen LogP contribution is -2.48. The van der Waals surface area contributed by atoms with Crippen LogP contribution in [0.4, 0.5) is 0 Å². The van der Waals surface area contributed by atoms with Gasteiger partial charge >= 0.3 is 0 Å². The Balaban J connectivity index is 1.52. The van der Waals surface area contributed by atoms with Gasteiger partial charge in [-0.1, -0.05) is 24.3 Å². The first-order chi connectivity index (χ1) is 10.2. The average molecular weight is 284 g/mol. The highest BCUT2D eigenvalue weighted by molar-refractivity contribution is 5.82. The molecule has 0 spiro atoms. The van der Waals surface area contributed by atoms with Crippen LogP contribution in [0.5, 0.6) is 0 Å². The zero-order valence-electron chi connectivity index (χ0n) is 12.2. The molecule has 1 aliphatic rings. The van der Waals surface area contributed by atoms with Crippen molar-refractivity contribution in [2.24, 2.45) is 7.05 Å². The molecule has 2 aromatic rings. The zero-order chi connectivity index (χ0) is 14.7. The number of carbonyl (C=O) groups is 1. The van der Waals surface area contributed by atoms with E-state index in [2.05, 4.69) is 27.9 Å². The molecular weight excluding hydrogens is 264 g/mol. The maximum Gasteiger partial charge on any atom is 0.237 e. The van der Waals surface area contributed by atoms with E-state index in [-0.39, 0.29) is 11.9 Å². The van der Waals surface area contributed by atoms with Gasteiger partial charge in [-0.25, -0.2) is 0 Å². The van der Waals surface area contributed by atoms with Crippen LogP contribution >= 0.6 is 0 Å². The Labute approximate surface area is 124 Å². The number of benzene rings is 1. The van der Waals surface area contributed by atoms with E-state index >= 15 is 0 Å². The number of amides is 1. The van der Waals surface area contributed by atoms with Gasteiger partial charge in [0.2, 0.25) is 5.91 Å². The molecule has 1 amide bonds. The van der Waals surface area contributed by atoms with E-state index in [4.69, 9.17) is 0 Å². The Bertz CT molecular complexity index is 635. The molecule has 0 fully saturated rings. The van der Waals surface area contributed by atoms with Gasteiger partial charge in [0.15, 0.2) is 0 Å². The minimum atomic E-state index is -0.133. The van der Waals surface area contributed by atoms with Crippen LogP contribution < -0.4 is 10.6 Å². The lowest BCUT2D eigenvalue weighted by atomic mass is 9.95. The molecule has 0 saturated heterocycles. The highest BCUT2D eigenvalue weighted by atomic mass is 16.2. The van der Waals surface area contributed by atoms with Gasteiger partial charge in [0.1, 0.15) is 0 Å². The molecule has 0 radical (unpaired) electrons. The Kier molecular flexibility index (Phi) is 4.01. The summed E-state index contributed by atoms with van der Waals surface area (Å²) in [6.07, 6.45) is 3.33. The van der Waals surface area contributed by atoms with E-state index in [9.17, 15) is 4.79 Å². The van der Waals surface area contributed by atoms with Gasteiger partial charge in [-0.15, -0.1) is 0 Å². The highest BCUT2D eigenvalue weighted by Crippen LogP contribution is 2.16. The summed E-state index contributed by atoms with van der Waals surface area (Å²) in [4.78, 5) is 12.2. The fourth-order valence-corrected chi connectivity index (χ4v) is 2.72. The normalized spacial score (nSPS) is 17.3. The smallest absolute Gasteiger partial charge is 0.237 e. The van der Waals surface area contributed by atoms with Crippen molar-refractivity contribution in [2.45, 2.75) is 25.4 Å². The van der Waals surface area contributed by atoms with Crippen LogP contribution in [0.2, 0.25) is 0 Å². The van der Waals surface area contributed by atoms with Crippen molar-refractivity contribution in [3.63, 3.8) is 0 Å². The van der Waals surface area contributed by atoms with E-state index in [1.54, 1.807) is 6.20 Å². The molecule has 3 rings (SSSR count). The lowest BCUT2D eigenvalue weighted by molar-refractivity contribution is -0.123. The molecule has 0 aliphatic carbocycles. The number of aromatic nitrogens is 2. The number of nitrogens with one attached hydrogen (secondary N) is 2. The number of hydrogen-bond acceptors (Lipinski definition) is 3. The first-order valence-corrected chi connectivity index (χ1v) is 7.29. The van der Waals surface area contributed by atoms with Crippen LogP contribution in [-0.2, 0) is 31.2 Å². The van der Waals surface area contributed by atoms with Crippen LogP contribution in [0, 0.1) is 0 Å². The van der Waals surface area contributed by atoms with Crippen molar-refractivity contribution in [1.82, 2.24) is 20.4 Å². The second-order valence-electron chi connectivity index (χ2n) is 5.39. The molecule has 0 saturated carbocycles. The summed E-state index contributed by atoms with van der Waals surface area (Å²) < 4.78 is 1.83. The van der Waals surface area contributed by atoms with Gasteiger partial charge in [0.05, 0.1) is 6.04 Å². The largest absolute Gasteiger partial charge is 0.354 e. The van der Waals surface area contributed by atoms with Gasteiger partial charge in [0.25, 0.3) is 0 Å². The van der Waals surface area contributed by atoms with Crippen LogP contribution in [0.25, 0.3) is 0 Å². The van der Waals surface area contributed by atoms with Crippen LogP contribution in [0.3, 0.4) is 0 Å². The van der Waals surface area contributed by atoms with Crippen LogP contribution in [0.15, 0.2) is 36.5 Å². The van der Waals surface area contributed by atoms with Crippen molar-refractivity contribution in [3.05, 3.63) is 53.3 Å². The molecule has 0 bridgehead atoms. The van der Waals surface area contributed by atoms with E-state index in [0.717, 1.165) is 25.1 Å². The van der Waals surface area contributed by atoms with E-state index in [0.29, 0.717) is 6.54 Å². The van der Waals surface area contributed by atoms with Crippen molar-refractivity contribution >= 4 is 5.91 Å². The van der Waals surface area contributed by atoms with Gasteiger partial charge in [-0.2, -0.15) is 5.10 Å². The number of nitrogens with zero attached hydrogens (tertiary/aromatic N) is 2. The molecule has 5 heteroatoms. The highest BCUT2D eigenvalue weighted by Gasteiger charge is 2.23. The van der Waals surface area contributed by atoms with Crippen molar-refractivity contribution in [2.75, 3.05) is 6.54 Å². The van der Waals surface area contributed by atoms with E-state index < -0.39 is 0 Å². The Morgan fingerprint density at radius 3 is 2.95 bits per heavy atom. The number of carbonyl (C=O) groups excluding carboxylic acids is 1. The second kappa shape index (κ2) is 6.10. The fraction of sp³-hybridized carbons (Fsp3) is 0.375. The average Bonchev–Trinajstić information content (AvgIpc) is 2.92. The zero-order valence-corrected chi connectivity index (χ0v) is 12.2. The van der Waals surface area contributed by atoms with Gasteiger partial charge < -0.3 is 10.6 Å². The molecule has 1 aromatic heterocycles. The van der Waals surface area contributed by atoms with Gasteiger partial charge in [-0.3, -0.25) is 9.48 Å². The fourth-order valence-electron chi connectivity index (χ4n) is 2.72. The Morgan fingerprint density at radius 1 is 1.38 bits per heavy atom. The molecule has 1 unspecified atom stereocenters. The van der Waals surface area contributed by atoms with Crippen molar-refractivity contribution < 1.29 is 4.79 Å². The second-order valence-corrected chi connectivity index (χ2v) is 5.39. The molecule has 1 aliphatic heterocycles. The quantitative estimate of drug-likeness (QED) is 0.873. The number of rotatable bonds is 4. The minimum Gasteiger partial charge on any atom is -0.354 e. The molecular formula is C16H20N4O. The third-order valence-corrected chi connectivity index (χ3v) is 4.00. The maximum atomic E-state index is 12.2. The SMILES string of the molecule is Cn1nccc1CCNC(=O)C1Cc2ccccc2CN1. The lowest BCUT2D eigenvalue weighted by Gasteiger charge is -2.25. The molecule has 110 valence electrons. The van der Waals surface area contributed by atoms with Gasteiger partial charge in [0, 0.05) is 38.4 Å². The molecule has 1 aromatic carbocycles. The Morgan fingerprint density at radius 2 is 2.19 bits per heavy atom. The Hall–Kier alpha value is -2.14. The summed E-state index contributed by atoms with van der Waals surface area (Å²) in [6, 6.07) is 10.1. The number of aryl methyl sites for hydroxylation is 1. The van der Waals surface area contributed by atoms with Crippen molar-refractivity contribution in [3.8, 4) is 0 Å². The van der Waals surface area contributed by atoms with Crippen LogP contribution in [0.1, 0.15) is 16.8 Å². The molecule has 2 heterocycles. The first-order valence-electron chi connectivity index (χ1n) is 7.29. The standard InChI is InChI=1S/C16H20N4O/c1-20-14(7-9-19-20)6-8-17-16(21)15-10-12-4-2-3-5-13(12)11-18-15/h2-5,7,9,15,18H,6,8,10-11H2,1H3,(H,17,21). The van der Waals surface area contributed by atoms with Gasteiger partial charge in [-0.05, 0) is 23.6 Å². The molecule has 1 atom stereocenters. The predicted molar refractivity (Wildman–Crippen MR) is 80.7 cm³/mol. The first kappa shape index (κ1) is 13.8. The number of fused-ring (bicyclic) bond motifs is 1. The summed E-state index contributed by atoms with van der Waals surface area (Å²) in [5.41, 5.74) is 3.68. The third kappa shape index (κ3) is 3.13. The van der Waals surface area contributed by atoms with Crippen LogP contribution in [-0.4, -0.2) is 28.3 Å². The van der Waals surface area contributed by atoms with E-state index in [1.165, 1.54) is 11.1 Å².